The molecule has 0 bridgehead atoms. The van der Waals surface area contributed by atoms with Crippen molar-refractivity contribution in [2.75, 3.05) is 13.6 Å². The maximum Gasteiger partial charge on any atom is 0.312 e. The van der Waals surface area contributed by atoms with Gasteiger partial charge >= 0.3 is 6.03 Å². The van der Waals surface area contributed by atoms with Crippen LogP contribution in [0.2, 0.25) is 0 Å². The van der Waals surface area contributed by atoms with Gasteiger partial charge in [-0.05, 0) is 18.8 Å². The summed E-state index contributed by atoms with van der Waals surface area (Å²) in [7, 11) is 1.73. The van der Waals surface area contributed by atoms with Gasteiger partial charge in [0.15, 0.2) is 0 Å². The molecule has 20 heavy (non-hydrogen) atoms. The second-order valence-corrected chi connectivity index (χ2v) is 5.66. The summed E-state index contributed by atoms with van der Waals surface area (Å²) in [5.74, 6) is 0.284. The molecule has 0 aliphatic carbocycles. The fourth-order valence-corrected chi connectivity index (χ4v) is 1.89. The van der Waals surface area contributed by atoms with E-state index in [1.54, 1.807) is 11.9 Å². The highest BCUT2D eigenvalue weighted by atomic mass is 16.2. The van der Waals surface area contributed by atoms with Gasteiger partial charge in [0.1, 0.15) is 6.04 Å². The van der Waals surface area contributed by atoms with E-state index in [2.05, 4.69) is 19.2 Å². The van der Waals surface area contributed by atoms with Gasteiger partial charge < -0.3 is 21.7 Å². The van der Waals surface area contributed by atoms with Gasteiger partial charge in [-0.2, -0.15) is 0 Å². The Morgan fingerprint density at radius 3 is 2.30 bits per heavy atom. The average Bonchev–Trinajstić information content (AvgIpc) is 2.38. The first-order valence-electron chi connectivity index (χ1n) is 7.36. The van der Waals surface area contributed by atoms with E-state index in [1.165, 1.54) is 0 Å². The Balaban J connectivity index is 4.42. The second-order valence-electron chi connectivity index (χ2n) is 5.66. The lowest BCUT2D eigenvalue weighted by Crippen LogP contribution is -2.49. The van der Waals surface area contributed by atoms with Gasteiger partial charge in [0, 0.05) is 19.6 Å². The molecule has 6 nitrogen and oxygen atoms in total. The summed E-state index contributed by atoms with van der Waals surface area (Å²) in [6.07, 6.45) is 3.19. The summed E-state index contributed by atoms with van der Waals surface area (Å²) >= 11 is 0. The number of urea groups is 1. The van der Waals surface area contributed by atoms with Crippen LogP contribution in [0.3, 0.4) is 0 Å². The Labute approximate surface area is 122 Å². The standard InChI is InChI=1S/C14H30N4O2/c1-5-6-7-12(17-14(16)20)13(19)18(4)9-8-11(15)10(2)3/h10-12H,5-9,15H2,1-4H3,(H3,16,17,20). The molecule has 5 N–H and O–H groups in total. The van der Waals surface area contributed by atoms with Crippen molar-refractivity contribution in [2.24, 2.45) is 17.4 Å². The number of hydrogen-bond acceptors (Lipinski definition) is 3. The molecule has 0 saturated heterocycles. The molecule has 0 aliphatic rings. The lowest BCUT2D eigenvalue weighted by molar-refractivity contribution is -0.132. The van der Waals surface area contributed by atoms with Crippen LogP contribution in [0.5, 0.6) is 0 Å². The molecule has 0 saturated carbocycles. The average molecular weight is 286 g/mol. The zero-order valence-electron chi connectivity index (χ0n) is 13.2. The topological polar surface area (TPSA) is 101 Å². The molecule has 0 aliphatic heterocycles. The predicted octanol–water partition coefficient (Wildman–Crippen LogP) is 1.05. The molecule has 6 heteroatoms. The molecule has 0 aromatic carbocycles. The number of unbranched alkanes of at least 4 members (excludes halogenated alkanes) is 1. The maximum atomic E-state index is 12.3. The molecule has 0 heterocycles. The van der Waals surface area contributed by atoms with Crippen LogP contribution in [0.15, 0.2) is 0 Å². The number of carbonyl (C=O) groups is 2. The van der Waals surface area contributed by atoms with Gasteiger partial charge in [0.25, 0.3) is 0 Å². The van der Waals surface area contributed by atoms with Crippen molar-refractivity contribution in [1.29, 1.82) is 0 Å². The van der Waals surface area contributed by atoms with E-state index in [-0.39, 0.29) is 11.9 Å². The van der Waals surface area contributed by atoms with E-state index >= 15 is 0 Å². The molecule has 0 rings (SSSR count). The molecule has 0 aromatic heterocycles. The Kier molecular flexibility index (Phi) is 8.96. The first-order chi connectivity index (χ1) is 9.29. The smallest absolute Gasteiger partial charge is 0.312 e. The number of amides is 3. The van der Waals surface area contributed by atoms with Crippen LogP contribution in [-0.2, 0) is 4.79 Å². The molecular weight excluding hydrogens is 256 g/mol. The van der Waals surface area contributed by atoms with E-state index in [4.69, 9.17) is 11.5 Å². The largest absolute Gasteiger partial charge is 0.352 e. The fourth-order valence-electron chi connectivity index (χ4n) is 1.89. The number of rotatable bonds is 9. The summed E-state index contributed by atoms with van der Waals surface area (Å²) in [6.45, 7) is 6.74. The first kappa shape index (κ1) is 18.7. The first-order valence-corrected chi connectivity index (χ1v) is 7.36. The number of nitrogens with zero attached hydrogens (tertiary/aromatic N) is 1. The van der Waals surface area contributed by atoms with Crippen LogP contribution in [0.25, 0.3) is 0 Å². The summed E-state index contributed by atoms with van der Waals surface area (Å²) < 4.78 is 0. The van der Waals surface area contributed by atoms with Gasteiger partial charge in [-0.3, -0.25) is 4.79 Å². The van der Waals surface area contributed by atoms with Crippen LogP contribution in [0, 0.1) is 5.92 Å². The van der Waals surface area contributed by atoms with Gasteiger partial charge in [-0.1, -0.05) is 33.6 Å². The molecule has 0 fully saturated rings. The monoisotopic (exact) mass is 286 g/mol. The zero-order valence-corrected chi connectivity index (χ0v) is 13.2. The van der Waals surface area contributed by atoms with Crippen LogP contribution in [0.4, 0.5) is 4.79 Å². The van der Waals surface area contributed by atoms with Crippen molar-refractivity contribution >= 4 is 11.9 Å². The predicted molar refractivity (Wildman–Crippen MR) is 81.1 cm³/mol. The fraction of sp³-hybridized carbons (Fsp3) is 0.857. The maximum absolute atomic E-state index is 12.3. The Morgan fingerprint density at radius 1 is 1.25 bits per heavy atom. The minimum absolute atomic E-state index is 0.0726. The molecule has 2 atom stereocenters. The molecule has 3 amide bonds. The minimum Gasteiger partial charge on any atom is -0.352 e. The van der Waals surface area contributed by atoms with Gasteiger partial charge in [-0.25, -0.2) is 4.79 Å². The third-order valence-corrected chi connectivity index (χ3v) is 3.49. The van der Waals surface area contributed by atoms with Gasteiger partial charge in [-0.15, -0.1) is 0 Å². The quantitative estimate of drug-likeness (QED) is 0.590. The van der Waals surface area contributed by atoms with E-state index in [9.17, 15) is 9.59 Å². The number of primary amides is 1. The van der Waals surface area contributed by atoms with Gasteiger partial charge in [0.2, 0.25) is 5.91 Å². The zero-order chi connectivity index (χ0) is 15.7. The van der Waals surface area contributed by atoms with Crippen molar-refractivity contribution in [3.63, 3.8) is 0 Å². The third-order valence-electron chi connectivity index (χ3n) is 3.49. The van der Waals surface area contributed by atoms with Crippen molar-refractivity contribution in [3.8, 4) is 0 Å². The summed E-state index contributed by atoms with van der Waals surface area (Å²) in [4.78, 5) is 24.9. The highest BCUT2D eigenvalue weighted by molar-refractivity contribution is 5.86. The highest BCUT2D eigenvalue weighted by Crippen LogP contribution is 2.07. The van der Waals surface area contributed by atoms with Crippen LogP contribution < -0.4 is 16.8 Å². The Hall–Kier alpha value is -1.30. The van der Waals surface area contributed by atoms with Crippen LogP contribution in [0.1, 0.15) is 46.5 Å². The van der Waals surface area contributed by atoms with Crippen molar-refractivity contribution in [3.05, 3.63) is 0 Å². The number of nitrogens with two attached hydrogens (primary N) is 2. The van der Waals surface area contributed by atoms with E-state index in [0.29, 0.717) is 18.9 Å². The number of nitrogens with one attached hydrogen (secondary N) is 1. The summed E-state index contributed by atoms with van der Waals surface area (Å²) in [5, 5.41) is 2.52. The molecule has 118 valence electrons. The summed E-state index contributed by atoms with van der Waals surface area (Å²) in [6, 6.07) is -1.12. The van der Waals surface area contributed by atoms with Crippen molar-refractivity contribution < 1.29 is 9.59 Å². The second kappa shape index (κ2) is 9.58. The van der Waals surface area contributed by atoms with Crippen LogP contribution >= 0.6 is 0 Å². The summed E-state index contributed by atoms with van der Waals surface area (Å²) in [5.41, 5.74) is 11.1. The Morgan fingerprint density at radius 2 is 1.85 bits per heavy atom. The van der Waals surface area contributed by atoms with E-state index < -0.39 is 12.1 Å². The SMILES string of the molecule is CCCCC(NC(N)=O)C(=O)N(C)CCC(N)C(C)C. The van der Waals surface area contributed by atoms with Gasteiger partial charge in [0.05, 0.1) is 0 Å². The molecular formula is C14H30N4O2. The molecule has 0 radical (unpaired) electrons. The Bertz CT molecular complexity index is 308. The highest BCUT2D eigenvalue weighted by Gasteiger charge is 2.23. The number of likely N-dealkylation sites (N-methyl/N-ethyl adjacent to an activating group) is 1. The molecule has 0 spiro atoms. The van der Waals surface area contributed by atoms with E-state index in [0.717, 1.165) is 19.3 Å². The molecule has 2 unspecified atom stereocenters. The number of carbonyl (C=O) groups excluding carboxylic acids is 2. The normalized spacial score (nSPS) is 13.9. The lowest BCUT2D eigenvalue weighted by Gasteiger charge is -2.26. The van der Waals surface area contributed by atoms with E-state index in [1.807, 2.05) is 6.92 Å². The minimum atomic E-state index is -0.660. The lowest BCUT2D eigenvalue weighted by atomic mass is 10.0. The van der Waals surface area contributed by atoms with Crippen molar-refractivity contribution in [1.82, 2.24) is 10.2 Å². The number of hydrogen-bond donors (Lipinski definition) is 3. The van der Waals surface area contributed by atoms with Crippen molar-refractivity contribution in [2.45, 2.75) is 58.5 Å². The third kappa shape index (κ3) is 7.33. The molecule has 0 aromatic rings. The van der Waals surface area contributed by atoms with Crippen LogP contribution in [-0.4, -0.2) is 42.5 Å².